The summed E-state index contributed by atoms with van der Waals surface area (Å²) in [5.74, 6) is -0.0670. The zero-order valence-corrected chi connectivity index (χ0v) is 14.7. The van der Waals surface area contributed by atoms with Gasteiger partial charge in [0.1, 0.15) is 17.2 Å². The Hall–Kier alpha value is -2.34. The summed E-state index contributed by atoms with van der Waals surface area (Å²) in [7, 11) is 1.51. The van der Waals surface area contributed by atoms with Crippen LogP contribution in [0.3, 0.4) is 0 Å². The minimum absolute atomic E-state index is 0.311. The Balaban J connectivity index is 2.34. The largest absolute Gasteiger partial charge is 0.443 e. The average Bonchev–Trinajstić information content (AvgIpc) is 2.48. The van der Waals surface area contributed by atoms with Gasteiger partial charge in [-0.25, -0.2) is 14.2 Å². The van der Waals surface area contributed by atoms with Crippen molar-refractivity contribution in [2.45, 2.75) is 26.4 Å². The van der Waals surface area contributed by atoms with Crippen LogP contribution in [-0.4, -0.2) is 23.7 Å². The van der Waals surface area contributed by atoms with Crippen LogP contribution in [-0.2, 0) is 4.74 Å². The fourth-order valence-electron chi connectivity index (χ4n) is 1.92. The minimum Gasteiger partial charge on any atom is -0.443 e. The van der Waals surface area contributed by atoms with Gasteiger partial charge in [0.25, 0.3) is 0 Å². The summed E-state index contributed by atoms with van der Waals surface area (Å²) in [6, 6.07) is 7.41. The molecule has 0 aliphatic heterocycles. The van der Waals surface area contributed by atoms with E-state index in [9.17, 15) is 9.18 Å². The third-order valence-corrected chi connectivity index (χ3v) is 3.31. The summed E-state index contributed by atoms with van der Waals surface area (Å²) in [6.45, 7) is 5.28. The first-order valence-corrected chi connectivity index (χ1v) is 7.69. The van der Waals surface area contributed by atoms with Gasteiger partial charge in [0.2, 0.25) is 0 Å². The molecule has 1 heterocycles. The molecule has 1 N–H and O–H groups in total. The van der Waals surface area contributed by atoms with Gasteiger partial charge in [-0.05, 0) is 51.1 Å². The highest BCUT2D eigenvalue weighted by Crippen LogP contribution is 2.31. The van der Waals surface area contributed by atoms with Gasteiger partial charge < -0.3 is 10.1 Å². The molecule has 0 bridgehead atoms. The number of amides is 1. The Kier molecular flexibility index (Phi) is 5.29. The van der Waals surface area contributed by atoms with Crippen molar-refractivity contribution >= 4 is 34.9 Å². The van der Waals surface area contributed by atoms with Crippen molar-refractivity contribution in [3.63, 3.8) is 0 Å². The number of aromatic nitrogens is 1. The lowest BCUT2D eigenvalue weighted by molar-refractivity contribution is 0.0589. The van der Waals surface area contributed by atoms with E-state index in [0.29, 0.717) is 22.2 Å². The molecule has 24 heavy (non-hydrogen) atoms. The molecule has 2 rings (SSSR count). The van der Waals surface area contributed by atoms with Crippen molar-refractivity contribution < 1.29 is 13.9 Å². The molecule has 1 aromatic heterocycles. The van der Waals surface area contributed by atoms with Crippen LogP contribution >= 0.6 is 11.6 Å². The Labute approximate surface area is 145 Å². The molecule has 2 aromatic rings. The van der Waals surface area contributed by atoms with E-state index in [-0.39, 0.29) is 0 Å². The normalized spacial score (nSPS) is 11.1. The van der Waals surface area contributed by atoms with Crippen LogP contribution in [0.4, 0.5) is 26.4 Å². The van der Waals surface area contributed by atoms with Gasteiger partial charge in [0.05, 0.1) is 16.4 Å². The number of hydrogen-bond acceptors (Lipinski definition) is 4. The fraction of sp³-hybridized carbons (Fsp3) is 0.294. The Bertz CT molecular complexity index is 747. The molecule has 0 radical (unpaired) electrons. The van der Waals surface area contributed by atoms with E-state index in [1.165, 1.54) is 30.1 Å². The van der Waals surface area contributed by atoms with Crippen molar-refractivity contribution in [3.05, 3.63) is 47.4 Å². The third-order valence-electron chi connectivity index (χ3n) is 3.00. The maximum absolute atomic E-state index is 13.7. The number of pyridine rings is 1. The lowest BCUT2D eigenvalue weighted by Gasteiger charge is -2.26. The summed E-state index contributed by atoms with van der Waals surface area (Å²) in [5.41, 5.74) is 0.132. The van der Waals surface area contributed by atoms with E-state index in [1.54, 1.807) is 39.1 Å². The number of anilines is 3. The number of carbonyl (C=O) groups excluding carboxylic acids is 1. The van der Waals surface area contributed by atoms with E-state index in [1.807, 2.05) is 0 Å². The summed E-state index contributed by atoms with van der Waals surface area (Å²) in [4.78, 5) is 17.6. The Morgan fingerprint density at radius 2 is 2.04 bits per heavy atom. The van der Waals surface area contributed by atoms with Crippen LogP contribution in [0.1, 0.15) is 20.8 Å². The number of hydrogen-bond donors (Lipinski definition) is 1. The second-order valence-corrected chi connectivity index (χ2v) is 6.57. The average molecular weight is 352 g/mol. The fourth-order valence-corrected chi connectivity index (χ4v) is 2.09. The molecule has 7 heteroatoms. The van der Waals surface area contributed by atoms with E-state index in [2.05, 4.69) is 10.3 Å². The van der Waals surface area contributed by atoms with Crippen LogP contribution in [0.5, 0.6) is 0 Å². The predicted molar refractivity (Wildman–Crippen MR) is 93.6 cm³/mol. The molecule has 128 valence electrons. The number of rotatable bonds is 3. The Morgan fingerprint density at radius 1 is 1.33 bits per heavy atom. The number of ether oxygens (including phenoxy) is 1. The molecule has 1 aromatic carbocycles. The summed E-state index contributed by atoms with van der Waals surface area (Å²) in [5, 5.41) is 3.42. The second kappa shape index (κ2) is 7.05. The molecule has 0 saturated carbocycles. The molecule has 0 aliphatic carbocycles. The van der Waals surface area contributed by atoms with E-state index in [4.69, 9.17) is 16.3 Å². The second-order valence-electron chi connectivity index (χ2n) is 6.16. The third kappa shape index (κ3) is 4.58. The number of benzene rings is 1. The predicted octanol–water partition coefficient (Wildman–Crippen LogP) is 4.99. The van der Waals surface area contributed by atoms with Crippen LogP contribution in [0.2, 0.25) is 5.02 Å². The van der Waals surface area contributed by atoms with Gasteiger partial charge in [-0.15, -0.1) is 0 Å². The molecule has 1 amide bonds. The Morgan fingerprint density at radius 3 is 2.67 bits per heavy atom. The monoisotopic (exact) mass is 351 g/mol. The van der Waals surface area contributed by atoms with Crippen molar-refractivity contribution in [3.8, 4) is 0 Å². The lowest BCUT2D eigenvalue weighted by Crippen LogP contribution is -2.34. The summed E-state index contributed by atoms with van der Waals surface area (Å²) < 4.78 is 19.0. The number of nitrogens with one attached hydrogen (secondary N) is 1. The van der Waals surface area contributed by atoms with Crippen molar-refractivity contribution in [2.75, 3.05) is 17.3 Å². The van der Waals surface area contributed by atoms with Gasteiger partial charge >= 0.3 is 6.09 Å². The molecule has 0 spiro atoms. The zero-order chi connectivity index (χ0) is 17.9. The first-order valence-electron chi connectivity index (χ1n) is 7.31. The molecule has 0 unspecified atom stereocenters. The molecular formula is C17H19ClFN3O2. The zero-order valence-electron chi connectivity index (χ0n) is 13.9. The molecule has 0 aliphatic rings. The van der Waals surface area contributed by atoms with Gasteiger partial charge in [-0.2, -0.15) is 0 Å². The summed E-state index contributed by atoms with van der Waals surface area (Å²) in [6.07, 6.45) is 0.984. The minimum atomic E-state index is -0.656. The first-order chi connectivity index (χ1) is 11.2. The van der Waals surface area contributed by atoms with Gasteiger partial charge in [0.15, 0.2) is 0 Å². The van der Waals surface area contributed by atoms with Gasteiger partial charge in [-0.1, -0.05) is 11.6 Å². The number of nitrogens with zero attached hydrogens (tertiary/aromatic N) is 2. The van der Waals surface area contributed by atoms with E-state index in [0.717, 1.165) is 0 Å². The van der Waals surface area contributed by atoms with Crippen molar-refractivity contribution in [1.29, 1.82) is 0 Å². The SMILES string of the molecule is CN(C(=O)OC(C)(C)C)c1cc(F)ccc1Nc1ncccc1Cl. The molecule has 0 fully saturated rings. The summed E-state index contributed by atoms with van der Waals surface area (Å²) >= 11 is 6.08. The standard InChI is InChI=1S/C17H19ClFN3O2/c1-17(2,3)24-16(23)22(4)14-10-11(19)7-8-13(14)21-15-12(18)6-5-9-20-15/h5-10H,1-4H3,(H,20,21). The topological polar surface area (TPSA) is 54.5 Å². The molecule has 0 saturated heterocycles. The van der Waals surface area contributed by atoms with Crippen LogP contribution in [0, 0.1) is 5.82 Å². The van der Waals surface area contributed by atoms with E-state index < -0.39 is 17.5 Å². The molecule has 5 nitrogen and oxygen atoms in total. The van der Waals surface area contributed by atoms with Crippen LogP contribution in [0.25, 0.3) is 0 Å². The van der Waals surface area contributed by atoms with Gasteiger partial charge in [0, 0.05) is 13.2 Å². The quantitative estimate of drug-likeness (QED) is 0.846. The highest BCUT2D eigenvalue weighted by molar-refractivity contribution is 6.33. The van der Waals surface area contributed by atoms with Crippen LogP contribution < -0.4 is 10.2 Å². The maximum atomic E-state index is 13.7. The van der Waals surface area contributed by atoms with Crippen LogP contribution in [0.15, 0.2) is 36.5 Å². The van der Waals surface area contributed by atoms with Crippen molar-refractivity contribution in [1.82, 2.24) is 4.98 Å². The highest BCUT2D eigenvalue weighted by atomic mass is 35.5. The molecule has 0 atom stereocenters. The number of carbonyl (C=O) groups is 1. The van der Waals surface area contributed by atoms with Crippen molar-refractivity contribution in [2.24, 2.45) is 0 Å². The lowest BCUT2D eigenvalue weighted by atomic mass is 10.2. The highest BCUT2D eigenvalue weighted by Gasteiger charge is 2.23. The smallest absolute Gasteiger partial charge is 0.414 e. The van der Waals surface area contributed by atoms with E-state index >= 15 is 0 Å². The van der Waals surface area contributed by atoms with Gasteiger partial charge in [-0.3, -0.25) is 4.90 Å². The molecular weight excluding hydrogens is 333 g/mol. The first kappa shape index (κ1) is 18.0. The maximum Gasteiger partial charge on any atom is 0.414 e. The number of halogens is 2.